The third-order valence-electron chi connectivity index (χ3n) is 1.78. The van der Waals surface area contributed by atoms with Crippen LogP contribution in [-0.2, 0) is 0 Å². The number of rotatable bonds is 3. The van der Waals surface area contributed by atoms with Gasteiger partial charge in [-0.15, -0.1) is 6.42 Å². The molecule has 2 heteroatoms. The van der Waals surface area contributed by atoms with Gasteiger partial charge in [-0.3, -0.25) is 0 Å². The summed E-state index contributed by atoms with van der Waals surface area (Å²) >= 11 is 0. The van der Waals surface area contributed by atoms with Crippen LogP contribution in [-0.4, -0.2) is 13.1 Å². The second-order valence-electron chi connectivity index (χ2n) is 2.70. The Labute approximate surface area is 61.2 Å². The van der Waals surface area contributed by atoms with Crippen LogP contribution in [0.2, 0.25) is 0 Å². The van der Waals surface area contributed by atoms with E-state index in [0.29, 0.717) is 6.54 Å². The second kappa shape index (κ2) is 2.73. The second-order valence-corrected chi connectivity index (χ2v) is 2.70. The predicted molar refractivity (Wildman–Crippen MR) is 39.0 cm³/mol. The van der Waals surface area contributed by atoms with Crippen LogP contribution >= 0.6 is 0 Å². The van der Waals surface area contributed by atoms with Crippen LogP contribution in [0.1, 0.15) is 12.8 Å². The van der Waals surface area contributed by atoms with E-state index in [1.165, 1.54) is 0 Å². The summed E-state index contributed by atoms with van der Waals surface area (Å²) in [6.45, 7) is 1.33. The van der Waals surface area contributed by atoms with E-state index < -0.39 is 0 Å². The summed E-state index contributed by atoms with van der Waals surface area (Å²) < 4.78 is 0. The predicted octanol–water partition coefficient (Wildman–Crippen LogP) is 0.513. The molecule has 0 aromatic heterocycles. The summed E-state index contributed by atoms with van der Waals surface area (Å²) in [5, 5.41) is 11.6. The fourth-order valence-corrected chi connectivity index (χ4v) is 0.853. The molecule has 1 rings (SSSR count). The molecule has 0 atom stereocenters. The van der Waals surface area contributed by atoms with Gasteiger partial charge < -0.3 is 5.32 Å². The largest absolute Gasteiger partial charge is 0.305 e. The van der Waals surface area contributed by atoms with E-state index in [1.54, 1.807) is 0 Å². The maximum Gasteiger partial charge on any atom is 0.0703 e. The number of nitrogens with zero attached hydrogens (tertiary/aromatic N) is 1. The number of terminal acetylenes is 1. The third kappa shape index (κ3) is 1.50. The molecule has 0 spiro atoms. The van der Waals surface area contributed by atoms with Crippen LogP contribution < -0.4 is 5.32 Å². The molecule has 0 aromatic rings. The van der Waals surface area contributed by atoms with Gasteiger partial charge >= 0.3 is 0 Å². The fraction of sp³-hybridized carbons (Fsp3) is 0.625. The highest BCUT2D eigenvalue weighted by atomic mass is 14.9. The summed E-state index contributed by atoms with van der Waals surface area (Å²) in [6, 6.07) is 2.28. The Bertz CT molecular complexity index is 190. The van der Waals surface area contributed by atoms with Crippen molar-refractivity contribution in [3.63, 3.8) is 0 Å². The zero-order valence-electron chi connectivity index (χ0n) is 5.85. The lowest BCUT2D eigenvalue weighted by atomic mass is 10.1. The van der Waals surface area contributed by atoms with Crippen molar-refractivity contribution >= 4 is 0 Å². The van der Waals surface area contributed by atoms with E-state index in [4.69, 9.17) is 11.7 Å². The molecular formula is C8H10N2. The van der Waals surface area contributed by atoms with Crippen LogP contribution in [0.5, 0.6) is 0 Å². The maximum absolute atomic E-state index is 8.61. The molecule has 52 valence electrons. The standard InChI is InChI=1S/C8H10N2/c1-2-5-10-7-8(6-9)3-4-8/h1,10H,3-5,7H2. The zero-order valence-corrected chi connectivity index (χ0v) is 5.85. The molecule has 0 saturated heterocycles. The van der Waals surface area contributed by atoms with Crippen molar-refractivity contribution in [2.24, 2.45) is 5.41 Å². The molecule has 0 unspecified atom stereocenters. The molecule has 1 aliphatic carbocycles. The first-order valence-electron chi connectivity index (χ1n) is 3.38. The van der Waals surface area contributed by atoms with Crippen molar-refractivity contribution in [3.8, 4) is 18.4 Å². The number of hydrogen-bond acceptors (Lipinski definition) is 2. The van der Waals surface area contributed by atoms with Crippen molar-refractivity contribution in [2.45, 2.75) is 12.8 Å². The molecule has 1 fully saturated rings. The van der Waals surface area contributed by atoms with Gasteiger partial charge in [0.15, 0.2) is 0 Å². The van der Waals surface area contributed by atoms with E-state index >= 15 is 0 Å². The van der Waals surface area contributed by atoms with Gasteiger partial charge in [-0.25, -0.2) is 0 Å². The first-order chi connectivity index (χ1) is 4.83. The molecule has 0 amide bonds. The van der Waals surface area contributed by atoms with Crippen molar-refractivity contribution < 1.29 is 0 Å². The molecule has 0 heterocycles. The Hall–Kier alpha value is -0.990. The SMILES string of the molecule is C#CCNCC1(C#N)CC1. The number of nitrogens with one attached hydrogen (secondary N) is 1. The van der Waals surface area contributed by atoms with Gasteiger partial charge in [0, 0.05) is 6.54 Å². The van der Waals surface area contributed by atoms with Gasteiger partial charge in [0.1, 0.15) is 0 Å². The highest BCUT2D eigenvalue weighted by Crippen LogP contribution is 2.43. The zero-order chi connectivity index (χ0) is 7.45. The smallest absolute Gasteiger partial charge is 0.0703 e. The Kier molecular flexibility index (Phi) is 1.94. The lowest BCUT2D eigenvalue weighted by Gasteiger charge is -2.03. The van der Waals surface area contributed by atoms with E-state index in [1.807, 2.05) is 0 Å². The third-order valence-corrected chi connectivity index (χ3v) is 1.78. The minimum Gasteiger partial charge on any atom is -0.305 e. The van der Waals surface area contributed by atoms with Gasteiger partial charge in [-0.2, -0.15) is 5.26 Å². The van der Waals surface area contributed by atoms with Crippen molar-refractivity contribution in [3.05, 3.63) is 0 Å². The van der Waals surface area contributed by atoms with Crippen molar-refractivity contribution in [1.82, 2.24) is 5.32 Å². The van der Waals surface area contributed by atoms with Crippen LogP contribution in [0.4, 0.5) is 0 Å². The Morgan fingerprint density at radius 3 is 2.70 bits per heavy atom. The summed E-state index contributed by atoms with van der Waals surface area (Å²) in [6.07, 6.45) is 7.08. The van der Waals surface area contributed by atoms with Crippen LogP contribution in [0.25, 0.3) is 0 Å². The topological polar surface area (TPSA) is 35.8 Å². The van der Waals surface area contributed by atoms with Gasteiger partial charge in [0.2, 0.25) is 0 Å². The Morgan fingerprint density at radius 2 is 2.30 bits per heavy atom. The molecule has 1 aliphatic rings. The maximum atomic E-state index is 8.61. The van der Waals surface area contributed by atoms with E-state index in [9.17, 15) is 0 Å². The van der Waals surface area contributed by atoms with Gasteiger partial charge in [0.25, 0.3) is 0 Å². The minimum absolute atomic E-state index is 0.0587. The summed E-state index contributed by atoms with van der Waals surface area (Å²) in [4.78, 5) is 0. The fourth-order valence-electron chi connectivity index (χ4n) is 0.853. The monoisotopic (exact) mass is 134 g/mol. The van der Waals surface area contributed by atoms with Crippen molar-refractivity contribution in [2.75, 3.05) is 13.1 Å². The molecule has 0 aromatic carbocycles. The molecule has 0 radical (unpaired) electrons. The summed E-state index contributed by atoms with van der Waals surface area (Å²) in [7, 11) is 0. The first kappa shape index (κ1) is 7.12. The highest BCUT2D eigenvalue weighted by molar-refractivity contribution is 5.11. The first-order valence-corrected chi connectivity index (χ1v) is 3.38. The van der Waals surface area contributed by atoms with Crippen molar-refractivity contribution in [1.29, 1.82) is 5.26 Å². The number of hydrogen-bond donors (Lipinski definition) is 1. The quantitative estimate of drug-likeness (QED) is 0.451. The average molecular weight is 134 g/mol. The van der Waals surface area contributed by atoms with E-state index in [0.717, 1.165) is 19.4 Å². The van der Waals surface area contributed by atoms with Crippen LogP contribution in [0, 0.1) is 29.1 Å². The van der Waals surface area contributed by atoms with Gasteiger partial charge in [-0.05, 0) is 12.8 Å². The summed E-state index contributed by atoms with van der Waals surface area (Å²) in [5.74, 6) is 2.47. The average Bonchev–Trinajstić information content (AvgIpc) is 2.70. The number of nitriles is 1. The van der Waals surface area contributed by atoms with Gasteiger partial charge in [-0.1, -0.05) is 5.92 Å². The normalized spacial score (nSPS) is 19.0. The Balaban J connectivity index is 2.16. The highest BCUT2D eigenvalue weighted by Gasteiger charge is 2.42. The molecule has 2 nitrogen and oxygen atoms in total. The molecule has 1 saturated carbocycles. The van der Waals surface area contributed by atoms with Crippen LogP contribution in [0.3, 0.4) is 0 Å². The summed E-state index contributed by atoms with van der Waals surface area (Å²) in [5.41, 5.74) is -0.0587. The van der Waals surface area contributed by atoms with E-state index in [-0.39, 0.29) is 5.41 Å². The molecular weight excluding hydrogens is 124 g/mol. The van der Waals surface area contributed by atoms with E-state index in [2.05, 4.69) is 17.3 Å². The molecule has 0 aliphatic heterocycles. The minimum atomic E-state index is -0.0587. The van der Waals surface area contributed by atoms with Gasteiger partial charge in [0.05, 0.1) is 18.0 Å². The Morgan fingerprint density at radius 1 is 1.60 bits per heavy atom. The lowest BCUT2D eigenvalue weighted by molar-refractivity contribution is 0.589. The molecule has 0 bridgehead atoms. The molecule has 1 N–H and O–H groups in total. The molecule has 10 heavy (non-hydrogen) atoms. The lowest BCUT2D eigenvalue weighted by Crippen LogP contribution is -2.22. The van der Waals surface area contributed by atoms with Crippen LogP contribution in [0.15, 0.2) is 0 Å².